The van der Waals surface area contributed by atoms with Crippen LogP contribution in [0.2, 0.25) is 0 Å². The van der Waals surface area contributed by atoms with E-state index in [9.17, 15) is 32.9 Å². The van der Waals surface area contributed by atoms with Crippen molar-refractivity contribution in [1.82, 2.24) is 4.98 Å². The second kappa shape index (κ2) is 5.59. The van der Waals surface area contributed by atoms with E-state index in [-0.39, 0.29) is 6.61 Å². The number of nitro groups is 1. The van der Waals surface area contributed by atoms with E-state index in [0.29, 0.717) is 6.20 Å². The molecule has 1 rings (SSSR count). The molecule has 110 valence electrons. The number of esters is 1. The quantitative estimate of drug-likeness (QED) is 0.510. The fourth-order valence-corrected chi connectivity index (χ4v) is 1.21. The Hall–Kier alpha value is -2.59. The molecule has 0 aliphatic carbocycles. The summed E-state index contributed by atoms with van der Waals surface area (Å²) in [5.41, 5.74) is -3.84. The molecule has 1 N–H and O–H groups in total. The third kappa shape index (κ3) is 3.46. The van der Waals surface area contributed by atoms with Gasteiger partial charge in [-0.15, -0.1) is 13.2 Å². The van der Waals surface area contributed by atoms with Gasteiger partial charge in [0.25, 0.3) is 0 Å². The van der Waals surface area contributed by atoms with Crippen molar-refractivity contribution in [2.45, 2.75) is 13.3 Å². The number of aromatic nitrogens is 1. The average Bonchev–Trinajstić information content (AvgIpc) is 2.29. The Morgan fingerprint density at radius 1 is 1.50 bits per heavy atom. The van der Waals surface area contributed by atoms with Crippen LogP contribution >= 0.6 is 0 Å². The number of alkyl halides is 3. The SMILES string of the molecule is CCOC(=O)c1[nH]cc([N+](=O)[O-])c(=O)c1OC(F)(F)F. The minimum atomic E-state index is -5.30. The molecule has 11 heteroatoms. The monoisotopic (exact) mass is 296 g/mol. The molecule has 0 amide bonds. The van der Waals surface area contributed by atoms with Crippen molar-refractivity contribution in [2.75, 3.05) is 6.61 Å². The standard InChI is InChI=1S/C9H7F3N2O6/c1-2-19-8(16)5-7(20-9(10,11)12)6(15)4(3-13-5)14(17)18/h3H,2H2,1H3,(H,13,15). The first kappa shape index (κ1) is 15.5. The normalized spacial score (nSPS) is 11.0. The first-order valence-corrected chi connectivity index (χ1v) is 5.00. The van der Waals surface area contributed by atoms with Gasteiger partial charge < -0.3 is 14.5 Å². The first-order valence-electron chi connectivity index (χ1n) is 5.00. The molecule has 1 aromatic rings. The van der Waals surface area contributed by atoms with E-state index in [2.05, 4.69) is 9.47 Å². The van der Waals surface area contributed by atoms with Crippen molar-refractivity contribution >= 4 is 11.7 Å². The van der Waals surface area contributed by atoms with Crippen LogP contribution < -0.4 is 10.2 Å². The molecule has 0 bridgehead atoms. The van der Waals surface area contributed by atoms with Crippen LogP contribution in [0.4, 0.5) is 18.9 Å². The molecule has 0 atom stereocenters. The van der Waals surface area contributed by atoms with E-state index in [1.807, 2.05) is 4.98 Å². The van der Waals surface area contributed by atoms with Crippen molar-refractivity contribution in [3.05, 3.63) is 32.2 Å². The number of hydrogen-bond acceptors (Lipinski definition) is 6. The van der Waals surface area contributed by atoms with Crippen molar-refractivity contribution < 1.29 is 32.4 Å². The zero-order valence-electron chi connectivity index (χ0n) is 9.82. The Labute approximate surface area is 108 Å². The Morgan fingerprint density at radius 2 is 2.10 bits per heavy atom. The highest BCUT2D eigenvalue weighted by Crippen LogP contribution is 2.24. The first-order chi connectivity index (χ1) is 9.17. The number of nitrogens with zero attached hydrogens (tertiary/aromatic N) is 1. The van der Waals surface area contributed by atoms with Crippen molar-refractivity contribution in [2.24, 2.45) is 0 Å². The van der Waals surface area contributed by atoms with E-state index < -0.39 is 39.8 Å². The molecule has 0 saturated heterocycles. The zero-order chi connectivity index (χ0) is 15.5. The van der Waals surface area contributed by atoms with Gasteiger partial charge in [-0.1, -0.05) is 0 Å². The van der Waals surface area contributed by atoms with Gasteiger partial charge in [-0.05, 0) is 6.92 Å². The Bertz CT molecular complexity index is 594. The molecular formula is C9H7F3N2O6. The Balaban J connectivity index is 3.45. The van der Waals surface area contributed by atoms with Crippen LogP contribution in [0.3, 0.4) is 0 Å². The van der Waals surface area contributed by atoms with Gasteiger partial charge in [-0.2, -0.15) is 0 Å². The van der Waals surface area contributed by atoms with Crippen LogP contribution in [0.25, 0.3) is 0 Å². The second-order valence-electron chi connectivity index (χ2n) is 3.23. The Morgan fingerprint density at radius 3 is 2.55 bits per heavy atom. The summed E-state index contributed by atoms with van der Waals surface area (Å²) in [5, 5.41) is 10.5. The molecule has 0 aromatic carbocycles. The lowest BCUT2D eigenvalue weighted by Crippen LogP contribution is -2.26. The number of nitrogens with one attached hydrogen (secondary N) is 1. The molecule has 8 nitrogen and oxygen atoms in total. The smallest absolute Gasteiger partial charge is 0.461 e. The van der Waals surface area contributed by atoms with Crippen LogP contribution in [-0.2, 0) is 4.74 Å². The summed E-state index contributed by atoms with van der Waals surface area (Å²) in [7, 11) is 0. The summed E-state index contributed by atoms with van der Waals surface area (Å²) in [6, 6.07) is 0. The van der Waals surface area contributed by atoms with Gasteiger partial charge in [0.15, 0.2) is 5.69 Å². The number of carbonyl (C=O) groups excluding carboxylic acids is 1. The van der Waals surface area contributed by atoms with E-state index >= 15 is 0 Å². The summed E-state index contributed by atoms with van der Waals surface area (Å²) in [6.07, 6.45) is -4.82. The minimum Gasteiger partial charge on any atom is -0.461 e. The average molecular weight is 296 g/mol. The number of rotatable bonds is 4. The number of halogens is 3. The zero-order valence-corrected chi connectivity index (χ0v) is 9.82. The minimum absolute atomic E-state index is 0.177. The van der Waals surface area contributed by atoms with Gasteiger partial charge in [0, 0.05) is 0 Å². The largest absolute Gasteiger partial charge is 0.573 e. The fraction of sp³-hybridized carbons (Fsp3) is 0.333. The fourth-order valence-electron chi connectivity index (χ4n) is 1.21. The van der Waals surface area contributed by atoms with E-state index in [1.165, 1.54) is 6.92 Å². The lowest BCUT2D eigenvalue weighted by molar-refractivity contribution is -0.386. The number of hydrogen-bond donors (Lipinski definition) is 1. The highest BCUT2D eigenvalue weighted by atomic mass is 19.4. The number of aromatic amines is 1. The highest BCUT2D eigenvalue weighted by molar-refractivity contribution is 5.90. The lowest BCUT2D eigenvalue weighted by atomic mass is 10.3. The Kier molecular flexibility index (Phi) is 4.32. The molecule has 0 unspecified atom stereocenters. The van der Waals surface area contributed by atoms with Crippen LogP contribution in [0.5, 0.6) is 5.75 Å². The third-order valence-corrected chi connectivity index (χ3v) is 1.91. The molecule has 0 spiro atoms. The molecule has 0 aliphatic rings. The van der Waals surface area contributed by atoms with Crippen LogP contribution in [0, 0.1) is 10.1 Å². The summed E-state index contributed by atoms with van der Waals surface area (Å²) < 4.78 is 44.3. The molecular weight excluding hydrogens is 289 g/mol. The molecule has 0 radical (unpaired) electrons. The highest BCUT2D eigenvalue weighted by Gasteiger charge is 2.37. The summed E-state index contributed by atoms with van der Waals surface area (Å²) in [5.74, 6) is -2.84. The maximum Gasteiger partial charge on any atom is 0.573 e. The molecule has 20 heavy (non-hydrogen) atoms. The molecule has 0 saturated carbocycles. The van der Waals surface area contributed by atoms with Crippen molar-refractivity contribution in [3.8, 4) is 5.75 Å². The number of ether oxygens (including phenoxy) is 2. The van der Waals surface area contributed by atoms with Crippen molar-refractivity contribution in [1.29, 1.82) is 0 Å². The lowest BCUT2D eigenvalue weighted by Gasteiger charge is -2.11. The number of carbonyl (C=O) groups is 1. The van der Waals surface area contributed by atoms with E-state index in [1.54, 1.807) is 0 Å². The molecule has 0 aliphatic heterocycles. The van der Waals surface area contributed by atoms with Crippen LogP contribution in [-0.4, -0.2) is 28.8 Å². The number of H-pyrrole nitrogens is 1. The predicted molar refractivity (Wildman–Crippen MR) is 56.4 cm³/mol. The number of pyridine rings is 1. The van der Waals surface area contributed by atoms with Gasteiger partial charge in [0.2, 0.25) is 5.75 Å². The summed E-state index contributed by atoms with van der Waals surface area (Å²) >= 11 is 0. The van der Waals surface area contributed by atoms with Gasteiger partial charge >= 0.3 is 23.4 Å². The maximum atomic E-state index is 12.2. The third-order valence-electron chi connectivity index (χ3n) is 1.91. The molecule has 1 aromatic heterocycles. The maximum absolute atomic E-state index is 12.2. The summed E-state index contributed by atoms with van der Waals surface area (Å²) in [6.45, 7) is 1.20. The second-order valence-corrected chi connectivity index (χ2v) is 3.23. The van der Waals surface area contributed by atoms with E-state index in [4.69, 9.17) is 0 Å². The van der Waals surface area contributed by atoms with Gasteiger partial charge in [0.1, 0.15) is 0 Å². The predicted octanol–water partition coefficient (Wildman–Crippen LogP) is 1.36. The molecule has 1 heterocycles. The van der Waals surface area contributed by atoms with E-state index in [0.717, 1.165) is 0 Å². The van der Waals surface area contributed by atoms with Gasteiger partial charge in [-0.3, -0.25) is 14.9 Å². The van der Waals surface area contributed by atoms with Gasteiger partial charge in [0.05, 0.1) is 17.7 Å². The van der Waals surface area contributed by atoms with Crippen molar-refractivity contribution in [3.63, 3.8) is 0 Å². The van der Waals surface area contributed by atoms with Crippen LogP contribution in [0.15, 0.2) is 11.0 Å². The topological polar surface area (TPSA) is 112 Å². The molecule has 0 fully saturated rings. The van der Waals surface area contributed by atoms with Gasteiger partial charge in [-0.25, -0.2) is 4.79 Å². The summed E-state index contributed by atoms with van der Waals surface area (Å²) in [4.78, 5) is 34.1. The van der Waals surface area contributed by atoms with Crippen LogP contribution in [0.1, 0.15) is 17.4 Å².